The van der Waals surface area contributed by atoms with E-state index in [9.17, 15) is 13.2 Å². The van der Waals surface area contributed by atoms with Crippen LogP contribution in [-0.2, 0) is 4.74 Å². The van der Waals surface area contributed by atoms with Gasteiger partial charge < -0.3 is 10.5 Å². The molecular formula is C9H18F3NO. The number of hydrogen-bond donors (Lipinski definition) is 1. The molecule has 0 aliphatic heterocycles. The Balaban J connectivity index is 3.49. The third-order valence-corrected chi connectivity index (χ3v) is 2.07. The summed E-state index contributed by atoms with van der Waals surface area (Å²) in [5, 5.41) is 0. The summed E-state index contributed by atoms with van der Waals surface area (Å²) in [6.07, 6.45) is -3.70. The predicted molar refractivity (Wildman–Crippen MR) is 49.0 cm³/mol. The van der Waals surface area contributed by atoms with Crippen molar-refractivity contribution < 1.29 is 17.9 Å². The highest BCUT2D eigenvalue weighted by atomic mass is 19.4. The number of rotatable bonds is 6. The maximum absolute atomic E-state index is 11.8. The zero-order valence-electron chi connectivity index (χ0n) is 8.60. The second-order valence-corrected chi connectivity index (χ2v) is 3.55. The van der Waals surface area contributed by atoms with Gasteiger partial charge in [0.1, 0.15) is 0 Å². The summed E-state index contributed by atoms with van der Waals surface area (Å²) >= 11 is 0. The number of alkyl halides is 3. The Bertz CT molecular complexity index is 149. The maximum atomic E-state index is 11.8. The van der Waals surface area contributed by atoms with E-state index in [4.69, 9.17) is 10.5 Å². The van der Waals surface area contributed by atoms with Crippen molar-refractivity contribution in [2.75, 3.05) is 7.11 Å². The van der Waals surface area contributed by atoms with Crippen LogP contribution in [0.2, 0.25) is 0 Å². The first-order valence-corrected chi connectivity index (χ1v) is 4.70. The van der Waals surface area contributed by atoms with Gasteiger partial charge in [-0.2, -0.15) is 13.2 Å². The van der Waals surface area contributed by atoms with Gasteiger partial charge in [-0.05, 0) is 26.2 Å². The zero-order valence-corrected chi connectivity index (χ0v) is 8.60. The third-order valence-electron chi connectivity index (χ3n) is 2.07. The van der Waals surface area contributed by atoms with Gasteiger partial charge in [0.2, 0.25) is 0 Å². The Labute approximate surface area is 82.6 Å². The highest BCUT2D eigenvalue weighted by molar-refractivity contribution is 4.66. The van der Waals surface area contributed by atoms with E-state index in [0.717, 1.165) is 0 Å². The van der Waals surface area contributed by atoms with E-state index in [0.29, 0.717) is 12.8 Å². The summed E-state index contributed by atoms with van der Waals surface area (Å²) in [5.74, 6) is 0. The van der Waals surface area contributed by atoms with Crippen LogP contribution in [0, 0.1) is 0 Å². The van der Waals surface area contributed by atoms with E-state index in [1.54, 1.807) is 7.11 Å². The Kier molecular flexibility index (Phi) is 6.11. The molecule has 0 aromatic carbocycles. The topological polar surface area (TPSA) is 35.2 Å². The van der Waals surface area contributed by atoms with Crippen LogP contribution >= 0.6 is 0 Å². The lowest BCUT2D eigenvalue weighted by Crippen LogP contribution is -2.26. The monoisotopic (exact) mass is 213 g/mol. The van der Waals surface area contributed by atoms with Gasteiger partial charge in [-0.15, -0.1) is 0 Å². The van der Waals surface area contributed by atoms with Gasteiger partial charge in [0, 0.05) is 19.6 Å². The molecule has 0 aliphatic carbocycles. The largest absolute Gasteiger partial charge is 0.389 e. The third kappa shape index (κ3) is 8.31. The van der Waals surface area contributed by atoms with Crippen LogP contribution < -0.4 is 5.73 Å². The van der Waals surface area contributed by atoms with Crippen LogP contribution in [0.4, 0.5) is 13.2 Å². The summed E-state index contributed by atoms with van der Waals surface area (Å²) in [6.45, 7) is 1.85. The molecule has 0 spiro atoms. The number of ether oxygens (including phenoxy) is 1. The average molecular weight is 213 g/mol. The molecule has 2 N–H and O–H groups in total. The molecule has 0 bridgehead atoms. The van der Waals surface area contributed by atoms with Crippen LogP contribution in [0.15, 0.2) is 0 Å². The van der Waals surface area contributed by atoms with E-state index >= 15 is 0 Å². The molecule has 0 amide bonds. The lowest BCUT2D eigenvalue weighted by Gasteiger charge is -2.16. The summed E-state index contributed by atoms with van der Waals surface area (Å²) < 4.78 is 40.3. The maximum Gasteiger partial charge on any atom is 0.389 e. The first-order chi connectivity index (χ1) is 6.35. The van der Waals surface area contributed by atoms with E-state index in [1.165, 1.54) is 0 Å². The fourth-order valence-corrected chi connectivity index (χ4v) is 1.21. The average Bonchev–Trinajstić information content (AvgIpc) is 2.01. The summed E-state index contributed by atoms with van der Waals surface area (Å²) in [7, 11) is 1.56. The molecule has 0 saturated heterocycles. The minimum absolute atomic E-state index is 0.0101. The highest BCUT2D eigenvalue weighted by Gasteiger charge is 2.26. The molecule has 14 heavy (non-hydrogen) atoms. The molecule has 0 saturated carbocycles. The van der Waals surface area contributed by atoms with Crippen molar-refractivity contribution in [1.29, 1.82) is 0 Å². The molecule has 2 nitrogen and oxygen atoms in total. The van der Waals surface area contributed by atoms with Crippen LogP contribution in [0.25, 0.3) is 0 Å². The van der Waals surface area contributed by atoms with Crippen molar-refractivity contribution in [2.24, 2.45) is 5.73 Å². The number of nitrogens with two attached hydrogens (primary N) is 1. The standard InChI is InChI=1S/C9H18F3NO/c1-7(14-2)6-8(13)4-3-5-9(10,11)12/h7-8H,3-6,13H2,1-2H3. The second kappa shape index (κ2) is 6.24. The van der Waals surface area contributed by atoms with Crippen molar-refractivity contribution in [2.45, 2.75) is 50.9 Å². The Morgan fingerprint density at radius 1 is 1.36 bits per heavy atom. The fraction of sp³-hybridized carbons (Fsp3) is 1.00. The van der Waals surface area contributed by atoms with Gasteiger partial charge >= 0.3 is 6.18 Å². The van der Waals surface area contributed by atoms with Gasteiger partial charge in [0.25, 0.3) is 0 Å². The number of halogens is 3. The molecule has 0 fully saturated rings. The quantitative estimate of drug-likeness (QED) is 0.735. The predicted octanol–water partition coefficient (Wildman–Crippen LogP) is 2.47. The molecule has 0 aliphatic rings. The Morgan fingerprint density at radius 3 is 2.36 bits per heavy atom. The van der Waals surface area contributed by atoms with E-state index in [2.05, 4.69) is 0 Å². The van der Waals surface area contributed by atoms with Crippen LogP contribution in [0.5, 0.6) is 0 Å². The first kappa shape index (κ1) is 13.7. The lowest BCUT2D eigenvalue weighted by atomic mass is 10.0. The Hall–Kier alpha value is -0.290. The molecule has 2 atom stereocenters. The summed E-state index contributed by atoms with van der Waals surface area (Å²) in [5.41, 5.74) is 5.63. The van der Waals surface area contributed by atoms with Gasteiger partial charge in [-0.3, -0.25) is 0 Å². The van der Waals surface area contributed by atoms with E-state index in [1.807, 2.05) is 6.92 Å². The van der Waals surface area contributed by atoms with Crippen molar-refractivity contribution in [3.63, 3.8) is 0 Å². The number of hydrogen-bond acceptors (Lipinski definition) is 2. The molecule has 0 aromatic rings. The first-order valence-electron chi connectivity index (χ1n) is 4.70. The molecule has 5 heteroatoms. The molecule has 0 rings (SSSR count). The Morgan fingerprint density at radius 2 is 1.93 bits per heavy atom. The fourth-order valence-electron chi connectivity index (χ4n) is 1.21. The van der Waals surface area contributed by atoms with Gasteiger partial charge in [-0.25, -0.2) is 0 Å². The molecule has 0 aromatic heterocycles. The van der Waals surface area contributed by atoms with Crippen LogP contribution in [0.1, 0.15) is 32.6 Å². The smallest absolute Gasteiger partial charge is 0.382 e. The normalized spacial score (nSPS) is 16.7. The van der Waals surface area contributed by atoms with Crippen molar-refractivity contribution >= 4 is 0 Å². The lowest BCUT2D eigenvalue weighted by molar-refractivity contribution is -0.135. The van der Waals surface area contributed by atoms with Crippen molar-refractivity contribution in [3.05, 3.63) is 0 Å². The van der Waals surface area contributed by atoms with E-state index < -0.39 is 12.6 Å². The van der Waals surface area contributed by atoms with Crippen LogP contribution in [0.3, 0.4) is 0 Å². The van der Waals surface area contributed by atoms with E-state index in [-0.39, 0.29) is 18.6 Å². The van der Waals surface area contributed by atoms with Crippen molar-refractivity contribution in [3.8, 4) is 0 Å². The van der Waals surface area contributed by atoms with Gasteiger partial charge in [0.05, 0.1) is 6.10 Å². The SMILES string of the molecule is COC(C)CC(N)CCCC(F)(F)F. The highest BCUT2D eigenvalue weighted by Crippen LogP contribution is 2.22. The molecular weight excluding hydrogens is 195 g/mol. The molecule has 2 unspecified atom stereocenters. The minimum atomic E-state index is -4.06. The molecule has 0 heterocycles. The van der Waals surface area contributed by atoms with Crippen LogP contribution in [-0.4, -0.2) is 25.4 Å². The van der Waals surface area contributed by atoms with Crippen molar-refractivity contribution in [1.82, 2.24) is 0 Å². The summed E-state index contributed by atoms with van der Waals surface area (Å²) in [4.78, 5) is 0. The molecule has 86 valence electrons. The molecule has 0 radical (unpaired) electrons. The minimum Gasteiger partial charge on any atom is -0.382 e. The van der Waals surface area contributed by atoms with Gasteiger partial charge in [0.15, 0.2) is 0 Å². The second-order valence-electron chi connectivity index (χ2n) is 3.55. The van der Waals surface area contributed by atoms with Gasteiger partial charge in [-0.1, -0.05) is 0 Å². The zero-order chi connectivity index (χ0) is 11.2. The summed E-state index contributed by atoms with van der Waals surface area (Å²) in [6, 6.07) is -0.202. The number of methoxy groups -OCH3 is 1.